The van der Waals surface area contributed by atoms with E-state index in [-0.39, 0.29) is 12.6 Å². The maximum absolute atomic E-state index is 13.3. The zero-order valence-electron chi connectivity index (χ0n) is 14.3. The lowest BCUT2D eigenvalue weighted by Gasteiger charge is -2.21. The van der Waals surface area contributed by atoms with Crippen LogP contribution < -0.4 is 9.64 Å². The molecule has 0 amide bonds. The normalized spacial score (nSPS) is 20.8. The Hall–Kier alpha value is -2.51. The highest BCUT2D eigenvalue weighted by atomic mass is 19.4. The van der Waals surface area contributed by atoms with Gasteiger partial charge in [-0.25, -0.2) is 0 Å². The van der Waals surface area contributed by atoms with Gasteiger partial charge in [0.15, 0.2) is 0 Å². The molecule has 8 heteroatoms. The third-order valence-corrected chi connectivity index (χ3v) is 4.46. The molecule has 1 fully saturated rings. The molecule has 2 heterocycles. The van der Waals surface area contributed by atoms with Crippen molar-refractivity contribution in [3.63, 3.8) is 0 Å². The molecular weight excluding hydrogens is 349 g/mol. The number of benzene rings is 1. The highest BCUT2D eigenvalue weighted by Gasteiger charge is 2.52. The molecule has 2 atom stereocenters. The quantitative estimate of drug-likeness (QED) is 0.891. The van der Waals surface area contributed by atoms with Crippen molar-refractivity contribution in [3.8, 4) is 5.75 Å². The molecule has 5 nitrogen and oxygen atoms in total. The molecule has 0 bridgehead atoms. The minimum absolute atomic E-state index is 0.0506. The Balaban J connectivity index is 2.01. The van der Waals surface area contributed by atoms with Gasteiger partial charge in [-0.2, -0.15) is 13.2 Å². The summed E-state index contributed by atoms with van der Waals surface area (Å²) < 4.78 is 45.4. The van der Waals surface area contributed by atoms with Crippen molar-refractivity contribution in [2.24, 2.45) is 11.8 Å². The molecule has 3 rings (SSSR count). The van der Waals surface area contributed by atoms with E-state index in [9.17, 15) is 23.1 Å². The van der Waals surface area contributed by atoms with Crippen LogP contribution in [0.5, 0.6) is 5.75 Å². The van der Waals surface area contributed by atoms with Gasteiger partial charge >= 0.3 is 12.1 Å². The van der Waals surface area contributed by atoms with Crippen LogP contribution in [-0.4, -0.2) is 41.4 Å². The molecule has 2 aromatic rings. The summed E-state index contributed by atoms with van der Waals surface area (Å²) in [6.45, 7) is 3.16. The van der Waals surface area contributed by atoms with Crippen molar-refractivity contribution < 1.29 is 27.8 Å². The average Bonchev–Trinajstić information content (AvgIpc) is 2.99. The summed E-state index contributed by atoms with van der Waals surface area (Å²) >= 11 is 0. The zero-order valence-corrected chi connectivity index (χ0v) is 14.3. The number of alkyl halides is 3. The van der Waals surface area contributed by atoms with E-state index in [2.05, 4.69) is 4.98 Å². The predicted molar refractivity (Wildman–Crippen MR) is 90.4 cm³/mol. The third-order valence-electron chi connectivity index (χ3n) is 4.46. The van der Waals surface area contributed by atoms with Gasteiger partial charge in [0.1, 0.15) is 5.75 Å². The van der Waals surface area contributed by atoms with Gasteiger partial charge in [0, 0.05) is 30.4 Å². The number of pyridine rings is 1. The SMILES string of the molecule is CC(C)Oc1ccc2nccc(N3C[C@@H](C(F)(F)F)[C@H](C(=O)O)C3)c2c1. The molecule has 0 aliphatic carbocycles. The van der Waals surface area contributed by atoms with Crippen molar-refractivity contribution in [1.29, 1.82) is 0 Å². The summed E-state index contributed by atoms with van der Waals surface area (Å²) in [6, 6.07) is 6.83. The summed E-state index contributed by atoms with van der Waals surface area (Å²) in [7, 11) is 0. The molecule has 1 N–H and O–H groups in total. The molecule has 1 aromatic carbocycles. The first kappa shape index (κ1) is 18.3. The van der Waals surface area contributed by atoms with E-state index < -0.39 is 30.5 Å². The van der Waals surface area contributed by atoms with Gasteiger partial charge in [-0.3, -0.25) is 9.78 Å². The van der Waals surface area contributed by atoms with Gasteiger partial charge in [-0.05, 0) is 38.1 Å². The Kier molecular flexibility index (Phi) is 4.68. The van der Waals surface area contributed by atoms with Crippen molar-refractivity contribution in [2.75, 3.05) is 18.0 Å². The second-order valence-electron chi connectivity index (χ2n) is 6.67. The minimum Gasteiger partial charge on any atom is -0.491 e. The first-order valence-electron chi connectivity index (χ1n) is 8.26. The topological polar surface area (TPSA) is 62.7 Å². The number of anilines is 1. The van der Waals surface area contributed by atoms with E-state index in [0.717, 1.165) is 0 Å². The fourth-order valence-electron chi connectivity index (χ4n) is 3.31. The number of aromatic nitrogens is 1. The lowest BCUT2D eigenvalue weighted by Crippen LogP contribution is -2.33. The van der Waals surface area contributed by atoms with Gasteiger partial charge in [0.2, 0.25) is 0 Å². The van der Waals surface area contributed by atoms with Crippen LogP contribution in [0.1, 0.15) is 13.8 Å². The van der Waals surface area contributed by atoms with Crippen molar-refractivity contribution in [3.05, 3.63) is 30.5 Å². The minimum atomic E-state index is -4.56. The second-order valence-corrected chi connectivity index (χ2v) is 6.67. The molecule has 0 radical (unpaired) electrons. The molecule has 1 saturated heterocycles. The monoisotopic (exact) mass is 368 g/mol. The Labute approximate surface area is 148 Å². The van der Waals surface area contributed by atoms with Gasteiger partial charge in [0.05, 0.1) is 23.5 Å². The summed E-state index contributed by atoms with van der Waals surface area (Å²) in [5, 5.41) is 9.85. The standard InChI is InChI=1S/C18H19F3N2O3/c1-10(2)26-11-3-4-15-12(7-11)16(5-6-22-15)23-8-13(17(24)25)14(9-23)18(19,20)21/h3-7,10,13-14H,8-9H2,1-2H3,(H,24,25)/t13-,14-/m1/s1. The van der Waals surface area contributed by atoms with Crippen molar-refractivity contribution in [2.45, 2.75) is 26.1 Å². The third kappa shape index (κ3) is 3.54. The number of rotatable bonds is 4. The van der Waals surface area contributed by atoms with Crippen LogP contribution in [0.15, 0.2) is 30.5 Å². The van der Waals surface area contributed by atoms with Crippen LogP contribution >= 0.6 is 0 Å². The predicted octanol–water partition coefficient (Wildman–Crippen LogP) is 3.72. The molecule has 140 valence electrons. The van der Waals surface area contributed by atoms with E-state index >= 15 is 0 Å². The number of carbonyl (C=O) groups is 1. The Morgan fingerprint density at radius 2 is 2.04 bits per heavy atom. The van der Waals surface area contributed by atoms with E-state index in [1.165, 1.54) is 11.1 Å². The number of carboxylic acids is 1. The first-order chi connectivity index (χ1) is 12.2. The summed E-state index contributed by atoms with van der Waals surface area (Å²) in [5.74, 6) is -4.24. The Morgan fingerprint density at radius 1 is 1.31 bits per heavy atom. The summed E-state index contributed by atoms with van der Waals surface area (Å²) in [4.78, 5) is 17.0. The van der Waals surface area contributed by atoms with Gasteiger partial charge < -0.3 is 14.7 Å². The van der Waals surface area contributed by atoms with Crippen LogP contribution in [0.4, 0.5) is 18.9 Å². The van der Waals surface area contributed by atoms with Crippen LogP contribution in [-0.2, 0) is 4.79 Å². The number of carboxylic acid groups (broad SMARTS) is 1. The highest BCUT2D eigenvalue weighted by Crippen LogP contribution is 2.41. The van der Waals surface area contributed by atoms with Crippen molar-refractivity contribution in [1.82, 2.24) is 4.98 Å². The van der Waals surface area contributed by atoms with Crippen molar-refractivity contribution >= 4 is 22.6 Å². The number of hydrogen-bond acceptors (Lipinski definition) is 4. The fourth-order valence-corrected chi connectivity index (χ4v) is 3.31. The van der Waals surface area contributed by atoms with Gasteiger partial charge in [-0.1, -0.05) is 0 Å². The van der Waals surface area contributed by atoms with Gasteiger partial charge in [-0.15, -0.1) is 0 Å². The van der Waals surface area contributed by atoms with Crippen LogP contribution in [0.3, 0.4) is 0 Å². The molecular formula is C18H19F3N2O3. The van der Waals surface area contributed by atoms with E-state index in [1.807, 2.05) is 13.8 Å². The number of ether oxygens (including phenoxy) is 1. The second kappa shape index (κ2) is 6.66. The molecule has 0 spiro atoms. The lowest BCUT2D eigenvalue weighted by molar-refractivity contribution is -0.187. The highest BCUT2D eigenvalue weighted by molar-refractivity contribution is 5.93. The molecule has 1 aromatic heterocycles. The molecule has 1 aliphatic heterocycles. The van der Waals surface area contributed by atoms with Crippen LogP contribution in [0.2, 0.25) is 0 Å². The van der Waals surface area contributed by atoms with Crippen LogP contribution in [0.25, 0.3) is 10.9 Å². The van der Waals surface area contributed by atoms with E-state index in [4.69, 9.17) is 4.74 Å². The fraction of sp³-hybridized carbons (Fsp3) is 0.444. The Bertz CT molecular complexity index is 823. The number of hydrogen-bond donors (Lipinski definition) is 1. The molecule has 0 unspecified atom stereocenters. The number of nitrogens with zero attached hydrogens (tertiary/aromatic N) is 2. The molecule has 0 saturated carbocycles. The smallest absolute Gasteiger partial charge is 0.394 e. The van der Waals surface area contributed by atoms with E-state index in [0.29, 0.717) is 22.3 Å². The van der Waals surface area contributed by atoms with Gasteiger partial charge in [0.25, 0.3) is 0 Å². The van der Waals surface area contributed by atoms with E-state index in [1.54, 1.807) is 24.3 Å². The maximum Gasteiger partial charge on any atom is 0.394 e. The molecule has 1 aliphatic rings. The average molecular weight is 368 g/mol. The lowest BCUT2D eigenvalue weighted by atomic mass is 9.96. The molecule has 26 heavy (non-hydrogen) atoms. The first-order valence-corrected chi connectivity index (χ1v) is 8.26. The number of fused-ring (bicyclic) bond motifs is 1. The summed E-state index contributed by atoms with van der Waals surface area (Å²) in [6.07, 6.45) is -3.10. The van der Waals surface area contributed by atoms with Crippen LogP contribution in [0, 0.1) is 11.8 Å². The number of halogens is 3. The zero-order chi connectivity index (χ0) is 19.1. The Morgan fingerprint density at radius 3 is 2.62 bits per heavy atom. The number of aliphatic carboxylic acids is 1. The largest absolute Gasteiger partial charge is 0.491 e. The maximum atomic E-state index is 13.3. The summed E-state index contributed by atoms with van der Waals surface area (Å²) in [5.41, 5.74) is 1.14.